The molecule has 3 rings (SSSR count). The molecule has 0 aromatic heterocycles. The minimum atomic E-state index is -0.702. The van der Waals surface area contributed by atoms with Gasteiger partial charge in [0.15, 0.2) is 5.78 Å². The van der Waals surface area contributed by atoms with E-state index in [0.29, 0.717) is 30.3 Å². The maximum Gasteiger partial charge on any atom is 0.303 e. The van der Waals surface area contributed by atoms with Gasteiger partial charge in [-0.25, -0.2) is 0 Å². The number of rotatable bonds is 12. The Morgan fingerprint density at radius 3 is 2.54 bits per heavy atom. The summed E-state index contributed by atoms with van der Waals surface area (Å²) in [5, 5.41) is 13.1. The highest BCUT2D eigenvalue weighted by Gasteiger charge is 2.47. The van der Waals surface area contributed by atoms with Crippen molar-refractivity contribution in [2.75, 3.05) is 6.54 Å². The van der Waals surface area contributed by atoms with Crippen LogP contribution in [0.3, 0.4) is 0 Å². The van der Waals surface area contributed by atoms with E-state index >= 15 is 0 Å². The summed E-state index contributed by atoms with van der Waals surface area (Å²) in [5.41, 5.74) is 2.99. The summed E-state index contributed by atoms with van der Waals surface area (Å²) in [6, 6.07) is 0. The highest BCUT2D eigenvalue weighted by Crippen LogP contribution is 2.44. The monoisotopic (exact) mass is 392 g/mol. The number of Topliss-reactive ketones (excluding diaryl/α,β-unsaturated/α-hetero) is 1. The van der Waals surface area contributed by atoms with E-state index in [2.05, 4.69) is 10.5 Å². The zero-order chi connectivity index (χ0) is 19.8. The lowest BCUT2D eigenvalue weighted by atomic mass is 9.77. The number of nitrogens with one attached hydrogen (secondary N) is 1. The van der Waals surface area contributed by atoms with E-state index in [1.165, 1.54) is 19.3 Å². The lowest BCUT2D eigenvalue weighted by Crippen LogP contribution is -2.30. The van der Waals surface area contributed by atoms with Crippen LogP contribution in [0.1, 0.15) is 83.5 Å². The average Bonchev–Trinajstić information content (AvgIpc) is 3.30. The van der Waals surface area contributed by atoms with Crippen LogP contribution in [0.2, 0.25) is 0 Å². The van der Waals surface area contributed by atoms with Crippen molar-refractivity contribution >= 4 is 18.0 Å². The maximum absolute atomic E-state index is 12.3. The van der Waals surface area contributed by atoms with Crippen molar-refractivity contribution in [3.63, 3.8) is 0 Å². The number of ether oxygens (including phenoxy) is 1. The van der Waals surface area contributed by atoms with Crippen molar-refractivity contribution < 1.29 is 19.4 Å². The molecule has 6 nitrogen and oxygen atoms in total. The lowest BCUT2D eigenvalue weighted by molar-refractivity contribution is -0.137. The van der Waals surface area contributed by atoms with Gasteiger partial charge in [0.2, 0.25) is 0 Å². The van der Waals surface area contributed by atoms with Gasteiger partial charge in [-0.2, -0.15) is 5.10 Å². The van der Waals surface area contributed by atoms with Gasteiger partial charge in [-0.15, -0.1) is 0 Å². The molecule has 28 heavy (non-hydrogen) atoms. The van der Waals surface area contributed by atoms with Crippen molar-refractivity contribution in [2.45, 2.75) is 95.7 Å². The van der Waals surface area contributed by atoms with Gasteiger partial charge < -0.3 is 15.3 Å². The van der Waals surface area contributed by atoms with Gasteiger partial charge in [0.05, 0.1) is 18.8 Å². The summed E-state index contributed by atoms with van der Waals surface area (Å²) in [6.07, 6.45) is 15.9. The second-order valence-electron chi connectivity index (χ2n) is 8.79. The molecule has 0 radical (unpaired) electrons. The summed E-state index contributed by atoms with van der Waals surface area (Å²) in [7, 11) is 0. The van der Waals surface area contributed by atoms with E-state index in [4.69, 9.17) is 9.84 Å². The molecule has 0 aromatic carbocycles. The summed E-state index contributed by atoms with van der Waals surface area (Å²) in [6.45, 7) is 0.344. The van der Waals surface area contributed by atoms with Crippen LogP contribution in [0.5, 0.6) is 0 Å². The van der Waals surface area contributed by atoms with E-state index in [-0.39, 0.29) is 18.4 Å². The van der Waals surface area contributed by atoms with Crippen LogP contribution in [0, 0.1) is 17.8 Å². The van der Waals surface area contributed by atoms with Crippen LogP contribution in [0.4, 0.5) is 0 Å². The molecule has 1 aliphatic carbocycles. The Bertz CT molecular complexity index is 545. The number of hydrazone groups is 1. The molecule has 2 bridgehead atoms. The van der Waals surface area contributed by atoms with Gasteiger partial charge in [-0.05, 0) is 44.4 Å². The van der Waals surface area contributed by atoms with Gasteiger partial charge in [0.25, 0.3) is 0 Å². The number of fused-ring (bicyclic) bond motifs is 2. The standard InChI is InChI=1S/C22H36N2O4/c25-19(16-8-4-3-5-9-16)15-24-23-14-18-17(20-12-13-21(18)28-20)10-6-1-2-7-11-22(26)27/h14,16-18,20-21,24H,1-13,15H2,(H,26,27). The number of carbonyl (C=O) groups is 2. The van der Waals surface area contributed by atoms with Gasteiger partial charge in [-0.1, -0.05) is 38.5 Å². The van der Waals surface area contributed by atoms with E-state index < -0.39 is 5.97 Å². The molecule has 158 valence electrons. The molecule has 0 aromatic rings. The number of ketones is 1. The molecule has 4 unspecified atom stereocenters. The average molecular weight is 393 g/mol. The van der Waals surface area contributed by atoms with Crippen LogP contribution in [0.15, 0.2) is 5.10 Å². The minimum Gasteiger partial charge on any atom is -0.481 e. The van der Waals surface area contributed by atoms with Gasteiger partial charge in [0, 0.05) is 24.5 Å². The molecule has 4 atom stereocenters. The number of hydrogen-bond donors (Lipinski definition) is 2. The van der Waals surface area contributed by atoms with E-state index in [0.717, 1.165) is 57.8 Å². The topological polar surface area (TPSA) is 88.0 Å². The first kappa shape index (κ1) is 21.3. The Morgan fingerprint density at radius 1 is 1.00 bits per heavy atom. The van der Waals surface area contributed by atoms with Crippen molar-refractivity contribution in [3.05, 3.63) is 0 Å². The van der Waals surface area contributed by atoms with Gasteiger partial charge >= 0.3 is 5.97 Å². The molecule has 3 aliphatic rings. The zero-order valence-electron chi connectivity index (χ0n) is 17.0. The van der Waals surface area contributed by atoms with E-state index in [1.54, 1.807) is 0 Å². The van der Waals surface area contributed by atoms with Crippen molar-refractivity contribution in [1.29, 1.82) is 0 Å². The Kier molecular flexibility index (Phi) is 8.31. The largest absolute Gasteiger partial charge is 0.481 e. The molecule has 3 fully saturated rings. The van der Waals surface area contributed by atoms with Crippen LogP contribution >= 0.6 is 0 Å². The Balaban J connectivity index is 1.37. The first-order valence-corrected chi connectivity index (χ1v) is 11.3. The fourth-order valence-electron chi connectivity index (χ4n) is 5.24. The molecular formula is C22H36N2O4. The maximum atomic E-state index is 12.3. The zero-order valence-corrected chi connectivity index (χ0v) is 17.0. The number of nitrogens with zero attached hydrogens (tertiary/aromatic N) is 1. The van der Waals surface area contributed by atoms with Gasteiger partial charge in [0.1, 0.15) is 0 Å². The third kappa shape index (κ3) is 6.03. The van der Waals surface area contributed by atoms with Crippen molar-refractivity contribution in [2.24, 2.45) is 22.9 Å². The lowest BCUT2D eigenvalue weighted by Gasteiger charge is -2.25. The van der Waals surface area contributed by atoms with Crippen molar-refractivity contribution in [3.8, 4) is 0 Å². The summed E-state index contributed by atoms with van der Waals surface area (Å²) >= 11 is 0. The quantitative estimate of drug-likeness (QED) is 0.298. The summed E-state index contributed by atoms with van der Waals surface area (Å²) in [5.74, 6) is 0.690. The molecule has 1 saturated carbocycles. The second-order valence-corrected chi connectivity index (χ2v) is 8.79. The number of aliphatic carboxylic acids is 1. The third-order valence-electron chi connectivity index (χ3n) is 6.82. The Morgan fingerprint density at radius 2 is 1.75 bits per heavy atom. The Hall–Kier alpha value is -1.43. The third-order valence-corrected chi connectivity index (χ3v) is 6.82. The number of hydrogen-bond acceptors (Lipinski definition) is 5. The van der Waals surface area contributed by atoms with Gasteiger partial charge in [-0.3, -0.25) is 9.59 Å². The highest BCUT2D eigenvalue weighted by atomic mass is 16.5. The van der Waals surface area contributed by atoms with Crippen LogP contribution in [-0.4, -0.2) is 41.8 Å². The summed E-state index contributed by atoms with van der Waals surface area (Å²) in [4.78, 5) is 22.8. The number of unbranched alkanes of at least 4 members (excludes halogenated alkanes) is 3. The molecular weight excluding hydrogens is 356 g/mol. The van der Waals surface area contributed by atoms with Crippen molar-refractivity contribution in [1.82, 2.24) is 5.43 Å². The molecule has 2 N–H and O–H groups in total. The predicted octanol–water partition coefficient (Wildman–Crippen LogP) is 3.93. The Labute approximate surface area is 168 Å². The number of carbonyl (C=O) groups excluding carboxylic acids is 1. The molecule has 2 saturated heterocycles. The van der Waals surface area contributed by atoms with E-state index in [1.807, 2.05) is 6.21 Å². The fourth-order valence-corrected chi connectivity index (χ4v) is 5.24. The fraction of sp³-hybridized carbons (Fsp3) is 0.864. The molecule has 0 spiro atoms. The number of carboxylic acids is 1. The van der Waals surface area contributed by atoms with E-state index in [9.17, 15) is 9.59 Å². The summed E-state index contributed by atoms with van der Waals surface area (Å²) < 4.78 is 6.12. The molecule has 2 aliphatic heterocycles. The highest BCUT2D eigenvalue weighted by molar-refractivity contribution is 5.83. The first-order valence-electron chi connectivity index (χ1n) is 11.3. The second kappa shape index (κ2) is 10.9. The normalized spacial score (nSPS) is 30.1. The molecule has 6 heteroatoms. The van der Waals surface area contributed by atoms with Crippen LogP contribution in [-0.2, 0) is 14.3 Å². The number of carboxylic acid groups (broad SMARTS) is 1. The SMILES string of the molecule is O=C(O)CCCCCCC1C2CCC(O2)C1C=NNCC(=O)C1CCCCC1. The first-order chi connectivity index (χ1) is 13.6. The smallest absolute Gasteiger partial charge is 0.303 e. The van der Waals surface area contributed by atoms with Crippen LogP contribution < -0.4 is 5.43 Å². The predicted molar refractivity (Wildman–Crippen MR) is 108 cm³/mol. The molecule has 0 amide bonds. The minimum absolute atomic E-state index is 0.233. The molecule has 2 heterocycles. The van der Waals surface area contributed by atoms with Crippen LogP contribution in [0.25, 0.3) is 0 Å².